The van der Waals surface area contributed by atoms with Gasteiger partial charge in [0.05, 0.1) is 17.8 Å². The fourth-order valence-electron chi connectivity index (χ4n) is 2.97. The number of hydrogen-bond acceptors (Lipinski definition) is 3. The normalized spacial score (nSPS) is 12.4. The van der Waals surface area contributed by atoms with E-state index in [1.165, 1.54) is 20.7 Å². The van der Waals surface area contributed by atoms with Gasteiger partial charge in [0.1, 0.15) is 0 Å². The van der Waals surface area contributed by atoms with E-state index >= 15 is 0 Å². The first-order valence-corrected chi connectivity index (χ1v) is 8.46. The molecule has 4 rings (SSSR count). The van der Waals surface area contributed by atoms with Gasteiger partial charge in [-0.3, -0.25) is 0 Å². The van der Waals surface area contributed by atoms with Crippen molar-refractivity contribution < 1.29 is 0 Å². The first-order valence-electron chi connectivity index (χ1n) is 7.64. The van der Waals surface area contributed by atoms with E-state index in [0.29, 0.717) is 0 Å². The third-order valence-corrected chi connectivity index (χ3v) is 5.12. The Morgan fingerprint density at radius 2 is 1.65 bits per heavy atom. The van der Waals surface area contributed by atoms with Crippen molar-refractivity contribution in [2.75, 3.05) is 0 Å². The number of thiophene rings is 1. The van der Waals surface area contributed by atoms with Gasteiger partial charge < -0.3 is 0 Å². The number of nitrogens with zero attached hydrogens (tertiary/aromatic N) is 2. The lowest BCUT2D eigenvalue weighted by atomic mass is 9.91. The third-order valence-electron chi connectivity index (χ3n) is 4.05. The molecule has 0 aliphatic rings. The van der Waals surface area contributed by atoms with Gasteiger partial charge in [-0.05, 0) is 24.6 Å². The first-order chi connectivity index (χ1) is 11.3. The number of aryl methyl sites for hydroxylation is 1. The van der Waals surface area contributed by atoms with Crippen molar-refractivity contribution in [3.8, 4) is 0 Å². The molecule has 0 amide bonds. The highest BCUT2D eigenvalue weighted by Gasteiger charge is 2.22. The number of hydrogen-bond donors (Lipinski definition) is 0. The molecule has 2 aromatic carbocycles. The highest BCUT2D eigenvalue weighted by Crippen LogP contribution is 2.37. The first kappa shape index (κ1) is 14.1. The lowest BCUT2D eigenvalue weighted by Crippen LogP contribution is -2.06. The molecule has 4 aromatic rings. The van der Waals surface area contributed by atoms with Gasteiger partial charge in [0.2, 0.25) is 0 Å². The van der Waals surface area contributed by atoms with Gasteiger partial charge in [-0.25, -0.2) is 0 Å². The Morgan fingerprint density at radius 3 is 2.43 bits per heavy atom. The Balaban J connectivity index is 1.98. The summed E-state index contributed by atoms with van der Waals surface area (Å²) in [4.78, 5) is 2.62. The van der Waals surface area contributed by atoms with Crippen LogP contribution in [0.1, 0.15) is 26.9 Å². The predicted octanol–water partition coefficient (Wildman–Crippen LogP) is 5.18. The minimum absolute atomic E-state index is 0.119. The zero-order valence-corrected chi connectivity index (χ0v) is 13.6. The van der Waals surface area contributed by atoms with Crippen LogP contribution in [0, 0.1) is 6.92 Å². The molecule has 0 saturated carbocycles. The van der Waals surface area contributed by atoms with Gasteiger partial charge >= 0.3 is 0 Å². The summed E-state index contributed by atoms with van der Waals surface area (Å²) in [5.74, 6) is 0.119. The molecule has 2 nitrogen and oxygen atoms in total. The summed E-state index contributed by atoms with van der Waals surface area (Å²) >= 11 is 1.83. The van der Waals surface area contributed by atoms with E-state index in [4.69, 9.17) is 0 Å². The third kappa shape index (κ3) is 2.64. The highest BCUT2D eigenvalue weighted by molar-refractivity contribution is 7.12. The summed E-state index contributed by atoms with van der Waals surface area (Å²) in [5, 5.41) is 11.1. The fourth-order valence-corrected chi connectivity index (χ4v) is 3.98. The second-order valence-corrected chi connectivity index (χ2v) is 6.93. The Kier molecular flexibility index (Phi) is 3.64. The molecule has 0 bridgehead atoms. The van der Waals surface area contributed by atoms with Crippen LogP contribution in [0.3, 0.4) is 0 Å². The summed E-state index contributed by atoms with van der Waals surface area (Å²) in [6.45, 7) is 2.14. The number of rotatable bonds is 3. The topological polar surface area (TPSA) is 25.8 Å². The van der Waals surface area contributed by atoms with Crippen LogP contribution in [-0.4, -0.2) is 10.2 Å². The van der Waals surface area contributed by atoms with Gasteiger partial charge in [0.15, 0.2) is 0 Å². The van der Waals surface area contributed by atoms with Crippen molar-refractivity contribution in [2.24, 2.45) is 0 Å². The van der Waals surface area contributed by atoms with Gasteiger partial charge in [-0.1, -0.05) is 54.6 Å². The second-order valence-electron chi connectivity index (χ2n) is 5.61. The average molecular weight is 316 g/mol. The van der Waals surface area contributed by atoms with E-state index < -0.39 is 0 Å². The Hall–Kier alpha value is -2.52. The molecular formula is C20H16N2S. The minimum atomic E-state index is 0.119. The van der Waals surface area contributed by atoms with Gasteiger partial charge in [-0.2, -0.15) is 10.2 Å². The van der Waals surface area contributed by atoms with Crippen molar-refractivity contribution in [1.29, 1.82) is 0 Å². The van der Waals surface area contributed by atoms with Crippen molar-refractivity contribution >= 4 is 22.1 Å². The van der Waals surface area contributed by atoms with Crippen molar-refractivity contribution in [1.82, 2.24) is 10.2 Å². The van der Waals surface area contributed by atoms with Crippen LogP contribution in [0.15, 0.2) is 72.9 Å². The molecule has 0 saturated heterocycles. The maximum absolute atomic E-state index is 4.53. The van der Waals surface area contributed by atoms with Crippen molar-refractivity contribution in [3.05, 3.63) is 93.9 Å². The largest absolute Gasteiger partial charge is 0.158 e. The molecule has 0 fully saturated rings. The molecule has 1 unspecified atom stereocenters. The quantitative estimate of drug-likeness (QED) is 0.520. The minimum Gasteiger partial charge on any atom is -0.158 e. The SMILES string of the molecule is Cc1ccc(C(c2ccccc2)c2nncc3ccccc23)s1. The van der Waals surface area contributed by atoms with Gasteiger partial charge in [0, 0.05) is 20.5 Å². The molecular weight excluding hydrogens is 300 g/mol. The van der Waals surface area contributed by atoms with Crippen LogP contribution in [0.2, 0.25) is 0 Å². The van der Waals surface area contributed by atoms with Crippen LogP contribution in [-0.2, 0) is 0 Å². The summed E-state index contributed by atoms with van der Waals surface area (Å²) in [5.41, 5.74) is 2.27. The smallest absolute Gasteiger partial charge is 0.0836 e. The molecule has 0 aliphatic heterocycles. The molecule has 0 N–H and O–H groups in total. The molecule has 1 atom stereocenters. The van der Waals surface area contributed by atoms with Crippen LogP contribution in [0.5, 0.6) is 0 Å². The average Bonchev–Trinajstić information content (AvgIpc) is 3.02. The maximum atomic E-state index is 4.53. The van der Waals surface area contributed by atoms with Crippen LogP contribution in [0.25, 0.3) is 10.8 Å². The van der Waals surface area contributed by atoms with Crippen LogP contribution in [0.4, 0.5) is 0 Å². The summed E-state index contributed by atoms with van der Waals surface area (Å²) in [7, 11) is 0. The van der Waals surface area contributed by atoms with E-state index in [2.05, 4.69) is 77.8 Å². The molecule has 0 radical (unpaired) electrons. The number of fused-ring (bicyclic) bond motifs is 1. The molecule has 0 aliphatic carbocycles. The van der Waals surface area contributed by atoms with Gasteiger partial charge in [-0.15, -0.1) is 11.3 Å². The fraction of sp³-hybridized carbons (Fsp3) is 0.100. The predicted molar refractivity (Wildman–Crippen MR) is 96.0 cm³/mol. The molecule has 0 spiro atoms. The van der Waals surface area contributed by atoms with E-state index in [9.17, 15) is 0 Å². The van der Waals surface area contributed by atoms with Crippen molar-refractivity contribution in [2.45, 2.75) is 12.8 Å². The molecule has 2 heterocycles. The molecule has 112 valence electrons. The summed E-state index contributed by atoms with van der Waals surface area (Å²) in [6.07, 6.45) is 1.83. The van der Waals surface area contributed by atoms with Crippen molar-refractivity contribution in [3.63, 3.8) is 0 Å². The number of benzene rings is 2. The Bertz CT molecular complexity index is 939. The Morgan fingerprint density at radius 1 is 0.870 bits per heavy atom. The lowest BCUT2D eigenvalue weighted by Gasteiger charge is -2.17. The van der Waals surface area contributed by atoms with E-state index in [0.717, 1.165) is 11.1 Å². The lowest BCUT2D eigenvalue weighted by molar-refractivity contribution is 0.886. The monoisotopic (exact) mass is 316 g/mol. The van der Waals surface area contributed by atoms with Gasteiger partial charge in [0.25, 0.3) is 0 Å². The number of aromatic nitrogens is 2. The van der Waals surface area contributed by atoms with Crippen LogP contribution >= 0.6 is 11.3 Å². The second kappa shape index (κ2) is 5.94. The van der Waals surface area contributed by atoms with E-state index in [-0.39, 0.29) is 5.92 Å². The standard InChI is InChI=1S/C20H16N2S/c1-14-11-12-18(23-14)19(15-7-3-2-4-8-15)20-17-10-6-5-9-16(17)13-21-22-20/h2-13,19H,1H3. The molecule has 2 aromatic heterocycles. The van der Waals surface area contributed by atoms with Crippen LogP contribution < -0.4 is 0 Å². The highest BCUT2D eigenvalue weighted by atomic mass is 32.1. The molecule has 23 heavy (non-hydrogen) atoms. The zero-order chi connectivity index (χ0) is 15.6. The zero-order valence-electron chi connectivity index (χ0n) is 12.8. The van der Waals surface area contributed by atoms with E-state index in [1.807, 2.05) is 23.6 Å². The summed E-state index contributed by atoms with van der Waals surface area (Å²) < 4.78 is 0. The van der Waals surface area contributed by atoms with E-state index in [1.54, 1.807) is 0 Å². The molecule has 3 heteroatoms. The Labute approximate surface area is 139 Å². The summed E-state index contributed by atoms with van der Waals surface area (Å²) in [6, 6.07) is 23.3. The maximum Gasteiger partial charge on any atom is 0.0836 e.